The molecule has 0 saturated heterocycles. The van der Waals surface area contributed by atoms with Crippen LogP contribution in [0.25, 0.3) is 0 Å². The van der Waals surface area contributed by atoms with Crippen LogP contribution in [0.3, 0.4) is 0 Å². The second-order valence-electron chi connectivity index (χ2n) is 4.52. The monoisotopic (exact) mass is 244 g/mol. The van der Waals surface area contributed by atoms with E-state index in [1.807, 2.05) is 0 Å². The summed E-state index contributed by atoms with van der Waals surface area (Å²) in [5, 5.41) is 11.0. The number of nitrogens with one attached hydrogen (secondary N) is 1. The van der Waals surface area contributed by atoms with E-state index in [2.05, 4.69) is 5.32 Å². The Morgan fingerprint density at radius 3 is 2.35 bits per heavy atom. The van der Waals surface area contributed by atoms with Crippen LogP contribution in [-0.4, -0.2) is 54.9 Å². The molecule has 1 saturated carbocycles. The summed E-state index contributed by atoms with van der Waals surface area (Å²) in [6.45, 7) is 0.106. The molecule has 0 radical (unpaired) electrons. The fourth-order valence-corrected chi connectivity index (χ4v) is 1.87. The fraction of sp³-hybridized carbons (Fsp3) is 0.818. The quantitative estimate of drug-likeness (QED) is 0.762. The van der Waals surface area contributed by atoms with Gasteiger partial charge in [0, 0.05) is 20.1 Å². The highest BCUT2D eigenvalue weighted by Gasteiger charge is 2.23. The van der Waals surface area contributed by atoms with Gasteiger partial charge >= 0.3 is 6.09 Å². The normalized spacial score (nSPS) is 24.1. The molecule has 0 unspecified atom stereocenters. The van der Waals surface area contributed by atoms with Gasteiger partial charge in [-0.25, -0.2) is 4.79 Å². The summed E-state index contributed by atoms with van der Waals surface area (Å²) in [5.41, 5.74) is 0. The molecule has 0 aromatic heterocycles. The highest BCUT2D eigenvalue weighted by Crippen LogP contribution is 2.21. The first kappa shape index (κ1) is 13.8. The summed E-state index contributed by atoms with van der Waals surface area (Å²) in [4.78, 5) is 23.3. The van der Waals surface area contributed by atoms with Crippen LogP contribution >= 0.6 is 0 Å². The van der Waals surface area contributed by atoms with Crippen molar-refractivity contribution in [2.75, 3.05) is 20.7 Å². The maximum atomic E-state index is 11.3. The van der Waals surface area contributed by atoms with E-state index in [0.29, 0.717) is 0 Å². The molecule has 0 aromatic rings. The number of carbonyl (C=O) groups excluding carboxylic acids is 1. The Bertz CT molecular complexity index is 273. The van der Waals surface area contributed by atoms with Gasteiger partial charge in [0.15, 0.2) is 0 Å². The maximum absolute atomic E-state index is 11.3. The van der Waals surface area contributed by atoms with Crippen LogP contribution < -0.4 is 5.32 Å². The third-order valence-electron chi connectivity index (χ3n) is 2.94. The van der Waals surface area contributed by atoms with Crippen molar-refractivity contribution in [1.29, 1.82) is 0 Å². The molecule has 0 aliphatic heterocycles. The van der Waals surface area contributed by atoms with Gasteiger partial charge in [-0.15, -0.1) is 0 Å². The molecule has 1 aliphatic rings. The molecular weight excluding hydrogens is 224 g/mol. The molecule has 2 amide bonds. The van der Waals surface area contributed by atoms with Crippen molar-refractivity contribution in [3.8, 4) is 0 Å². The Kier molecular flexibility index (Phi) is 5.21. The number of hydrogen-bond donors (Lipinski definition) is 2. The van der Waals surface area contributed by atoms with E-state index in [4.69, 9.17) is 9.84 Å². The zero-order valence-corrected chi connectivity index (χ0v) is 10.3. The lowest BCUT2D eigenvalue weighted by atomic mass is 9.93. The SMILES string of the molecule is CN(C)C(=O)CO[C@H]1CC[C@H](NC(=O)O)CC1. The van der Waals surface area contributed by atoms with Crippen LogP contribution in [-0.2, 0) is 9.53 Å². The summed E-state index contributed by atoms with van der Waals surface area (Å²) >= 11 is 0. The van der Waals surface area contributed by atoms with Crippen LogP contribution in [0.5, 0.6) is 0 Å². The number of amides is 2. The van der Waals surface area contributed by atoms with E-state index in [1.54, 1.807) is 14.1 Å². The van der Waals surface area contributed by atoms with Gasteiger partial charge < -0.3 is 20.1 Å². The number of hydrogen-bond acceptors (Lipinski definition) is 3. The van der Waals surface area contributed by atoms with Crippen LogP contribution in [0.1, 0.15) is 25.7 Å². The first-order chi connectivity index (χ1) is 7.99. The number of rotatable bonds is 4. The van der Waals surface area contributed by atoms with Crippen LogP contribution in [0, 0.1) is 0 Å². The third-order valence-corrected chi connectivity index (χ3v) is 2.94. The number of ether oxygens (including phenoxy) is 1. The molecule has 0 bridgehead atoms. The average Bonchev–Trinajstić information content (AvgIpc) is 2.26. The van der Waals surface area contributed by atoms with Crippen molar-refractivity contribution in [1.82, 2.24) is 10.2 Å². The molecule has 6 heteroatoms. The first-order valence-electron chi connectivity index (χ1n) is 5.80. The minimum Gasteiger partial charge on any atom is -0.465 e. The second-order valence-corrected chi connectivity index (χ2v) is 4.52. The standard InChI is InChI=1S/C11H20N2O4/c1-13(2)10(14)7-17-9-5-3-8(4-6-9)12-11(15)16/h8-9,12H,3-7H2,1-2H3,(H,15,16)/t8-,9-. The largest absolute Gasteiger partial charge is 0.465 e. The van der Waals surface area contributed by atoms with Gasteiger partial charge in [-0.3, -0.25) is 4.79 Å². The van der Waals surface area contributed by atoms with Gasteiger partial charge in [-0.1, -0.05) is 0 Å². The molecule has 0 atom stereocenters. The summed E-state index contributed by atoms with van der Waals surface area (Å²) in [6.07, 6.45) is 2.24. The predicted molar refractivity (Wildman–Crippen MR) is 61.9 cm³/mol. The molecule has 98 valence electrons. The molecule has 0 heterocycles. The van der Waals surface area contributed by atoms with Crippen LogP contribution in [0.2, 0.25) is 0 Å². The van der Waals surface area contributed by atoms with E-state index < -0.39 is 6.09 Å². The lowest BCUT2D eigenvalue weighted by Gasteiger charge is -2.28. The van der Waals surface area contributed by atoms with E-state index >= 15 is 0 Å². The van der Waals surface area contributed by atoms with Crippen molar-refractivity contribution in [3.05, 3.63) is 0 Å². The Morgan fingerprint density at radius 1 is 1.29 bits per heavy atom. The van der Waals surface area contributed by atoms with Crippen molar-refractivity contribution in [2.24, 2.45) is 0 Å². The van der Waals surface area contributed by atoms with E-state index in [1.165, 1.54) is 4.90 Å². The molecule has 1 fully saturated rings. The first-order valence-corrected chi connectivity index (χ1v) is 5.80. The molecule has 1 aliphatic carbocycles. The van der Waals surface area contributed by atoms with Gasteiger partial charge in [-0.2, -0.15) is 0 Å². The Balaban J connectivity index is 2.19. The summed E-state index contributed by atoms with van der Waals surface area (Å²) in [7, 11) is 3.39. The summed E-state index contributed by atoms with van der Waals surface area (Å²) in [5.74, 6) is -0.0456. The lowest BCUT2D eigenvalue weighted by Crippen LogP contribution is -2.39. The Morgan fingerprint density at radius 2 is 1.88 bits per heavy atom. The van der Waals surface area contributed by atoms with Gasteiger partial charge in [-0.05, 0) is 25.7 Å². The highest BCUT2D eigenvalue weighted by molar-refractivity contribution is 5.76. The Labute approximate surface area is 101 Å². The third kappa shape index (κ3) is 5.04. The zero-order chi connectivity index (χ0) is 12.8. The molecule has 0 aromatic carbocycles. The zero-order valence-electron chi connectivity index (χ0n) is 10.3. The molecule has 6 nitrogen and oxygen atoms in total. The topological polar surface area (TPSA) is 78.9 Å². The van der Waals surface area contributed by atoms with E-state index in [-0.39, 0.29) is 24.7 Å². The van der Waals surface area contributed by atoms with Crippen LogP contribution in [0.4, 0.5) is 4.79 Å². The van der Waals surface area contributed by atoms with Gasteiger partial charge in [0.25, 0.3) is 0 Å². The number of nitrogens with zero attached hydrogens (tertiary/aromatic N) is 1. The minimum absolute atomic E-state index is 0.0249. The lowest BCUT2D eigenvalue weighted by molar-refractivity contribution is -0.136. The number of carbonyl (C=O) groups is 2. The van der Waals surface area contributed by atoms with Gasteiger partial charge in [0.1, 0.15) is 6.61 Å². The van der Waals surface area contributed by atoms with Crippen molar-refractivity contribution < 1.29 is 19.4 Å². The van der Waals surface area contributed by atoms with Crippen molar-refractivity contribution in [2.45, 2.75) is 37.8 Å². The molecule has 2 N–H and O–H groups in total. The van der Waals surface area contributed by atoms with Gasteiger partial charge in [0.05, 0.1) is 6.10 Å². The predicted octanol–water partition coefficient (Wildman–Crippen LogP) is 0.670. The summed E-state index contributed by atoms with van der Waals surface area (Å²) < 4.78 is 5.49. The smallest absolute Gasteiger partial charge is 0.404 e. The van der Waals surface area contributed by atoms with E-state index in [9.17, 15) is 9.59 Å². The molecule has 0 spiro atoms. The number of carboxylic acid groups (broad SMARTS) is 1. The minimum atomic E-state index is -0.975. The Hall–Kier alpha value is -1.30. The summed E-state index contributed by atoms with van der Waals surface area (Å²) in [6, 6.07) is 0.0249. The maximum Gasteiger partial charge on any atom is 0.404 e. The molecular formula is C11H20N2O4. The second kappa shape index (κ2) is 6.44. The van der Waals surface area contributed by atoms with E-state index in [0.717, 1.165) is 25.7 Å². The van der Waals surface area contributed by atoms with Crippen molar-refractivity contribution in [3.63, 3.8) is 0 Å². The average molecular weight is 244 g/mol. The molecule has 17 heavy (non-hydrogen) atoms. The van der Waals surface area contributed by atoms with Gasteiger partial charge in [0.2, 0.25) is 5.91 Å². The van der Waals surface area contributed by atoms with Crippen molar-refractivity contribution >= 4 is 12.0 Å². The number of likely N-dealkylation sites (N-methyl/N-ethyl adjacent to an activating group) is 1. The fourth-order valence-electron chi connectivity index (χ4n) is 1.87. The van der Waals surface area contributed by atoms with Crippen LogP contribution in [0.15, 0.2) is 0 Å². The highest BCUT2D eigenvalue weighted by atomic mass is 16.5. The molecule has 1 rings (SSSR count).